The summed E-state index contributed by atoms with van der Waals surface area (Å²) in [4.78, 5) is 44.1. The van der Waals surface area contributed by atoms with Crippen LogP contribution in [0.4, 0.5) is 5.69 Å². The van der Waals surface area contributed by atoms with Gasteiger partial charge in [0.2, 0.25) is 11.8 Å². The maximum absolute atomic E-state index is 13.7. The highest BCUT2D eigenvalue weighted by atomic mass is 35.5. The Morgan fingerprint density at radius 3 is 2.40 bits per heavy atom. The van der Waals surface area contributed by atoms with Crippen LogP contribution in [0.5, 0.6) is 23.0 Å². The molecule has 2 aromatic carbocycles. The fraction of sp³-hybridized carbons (Fsp3) is 0.333. The zero-order chi connectivity index (χ0) is 31.6. The van der Waals surface area contributed by atoms with Crippen molar-refractivity contribution in [3.63, 3.8) is 0 Å². The van der Waals surface area contributed by atoms with E-state index < -0.39 is 35.8 Å². The van der Waals surface area contributed by atoms with E-state index >= 15 is 0 Å². The SMILES string of the molecule is COc1cc([C@@H]2c3cc4c(cc3[C@H](OC(=O)c3nc(-c5c(Cl)cnn5C)c(C)s3)[C@H]3COC(=O)[C@@H]23)OCO4)cc(OC)c1N=O. The van der Waals surface area contributed by atoms with Crippen LogP contribution in [0.3, 0.4) is 0 Å². The fourth-order valence-corrected chi connectivity index (χ4v) is 7.45. The van der Waals surface area contributed by atoms with E-state index in [2.05, 4.69) is 15.3 Å². The second-order valence-electron chi connectivity index (χ2n) is 10.7. The normalized spacial score (nSPS) is 21.1. The van der Waals surface area contributed by atoms with Crippen LogP contribution >= 0.6 is 22.9 Å². The van der Waals surface area contributed by atoms with E-state index in [0.717, 1.165) is 4.88 Å². The van der Waals surface area contributed by atoms with Gasteiger partial charge < -0.3 is 28.4 Å². The van der Waals surface area contributed by atoms with Crippen LogP contribution < -0.4 is 18.9 Å². The number of fused-ring (bicyclic) bond motifs is 3. The number of halogens is 1. The average molecular weight is 653 g/mol. The van der Waals surface area contributed by atoms with Crippen molar-refractivity contribution in [3.8, 4) is 34.4 Å². The molecule has 0 spiro atoms. The Bertz CT molecular complexity index is 1840. The molecular formula is C30H25ClN4O9S. The number of ether oxygens (including phenoxy) is 6. The van der Waals surface area contributed by atoms with Crippen molar-refractivity contribution in [2.45, 2.75) is 18.9 Å². The van der Waals surface area contributed by atoms with Crippen molar-refractivity contribution < 1.29 is 38.0 Å². The van der Waals surface area contributed by atoms with Crippen molar-refractivity contribution in [3.05, 3.63) is 67.0 Å². The minimum Gasteiger partial charge on any atom is -0.494 e. The largest absolute Gasteiger partial charge is 0.494 e. The first kappa shape index (κ1) is 29.0. The summed E-state index contributed by atoms with van der Waals surface area (Å²) < 4.78 is 35.7. The first-order valence-corrected chi connectivity index (χ1v) is 15.0. The molecule has 0 unspecified atom stereocenters. The summed E-state index contributed by atoms with van der Waals surface area (Å²) in [5.74, 6) is -1.73. The van der Waals surface area contributed by atoms with Gasteiger partial charge in [-0.3, -0.25) is 9.48 Å². The number of carbonyl (C=O) groups is 2. The summed E-state index contributed by atoms with van der Waals surface area (Å²) in [6.07, 6.45) is 0.626. The van der Waals surface area contributed by atoms with Gasteiger partial charge in [-0.05, 0) is 47.5 Å². The van der Waals surface area contributed by atoms with E-state index in [1.54, 1.807) is 36.0 Å². The minimum absolute atomic E-state index is 0.00616. The Labute approximate surface area is 264 Å². The molecule has 0 bridgehead atoms. The third-order valence-electron chi connectivity index (χ3n) is 8.40. The van der Waals surface area contributed by atoms with E-state index in [1.807, 2.05) is 6.92 Å². The van der Waals surface area contributed by atoms with Gasteiger partial charge in [-0.25, -0.2) is 9.78 Å². The lowest BCUT2D eigenvalue weighted by Crippen LogP contribution is -2.36. The number of hydrogen-bond donors (Lipinski definition) is 0. The number of carbonyl (C=O) groups excluding carboxylic acids is 2. The molecule has 4 aromatic rings. The molecule has 232 valence electrons. The second kappa shape index (κ2) is 11.0. The molecule has 4 heterocycles. The third-order valence-corrected chi connectivity index (χ3v) is 9.62. The number of esters is 2. The monoisotopic (exact) mass is 652 g/mol. The van der Waals surface area contributed by atoms with Gasteiger partial charge in [0.15, 0.2) is 28.7 Å². The summed E-state index contributed by atoms with van der Waals surface area (Å²) >= 11 is 7.53. The molecule has 2 aromatic heterocycles. The minimum atomic E-state index is -0.887. The molecule has 7 rings (SSSR count). The number of cyclic esters (lactones) is 1. The summed E-state index contributed by atoms with van der Waals surface area (Å²) in [6, 6.07) is 6.85. The zero-order valence-corrected chi connectivity index (χ0v) is 25.9. The number of nitrogens with zero attached hydrogens (tertiary/aromatic N) is 4. The molecule has 0 radical (unpaired) electrons. The van der Waals surface area contributed by atoms with Crippen LogP contribution in [0, 0.1) is 23.7 Å². The third kappa shape index (κ3) is 4.58. The molecular weight excluding hydrogens is 628 g/mol. The van der Waals surface area contributed by atoms with Crippen molar-refractivity contribution in [2.75, 3.05) is 27.6 Å². The highest BCUT2D eigenvalue weighted by molar-refractivity contribution is 7.13. The number of benzene rings is 2. The molecule has 1 fully saturated rings. The Kier molecular flexibility index (Phi) is 7.12. The molecule has 1 saturated heterocycles. The van der Waals surface area contributed by atoms with Crippen LogP contribution in [0.2, 0.25) is 5.02 Å². The van der Waals surface area contributed by atoms with Crippen molar-refractivity contribution >= 4 is 40.6 Å². The quantitative estimate of drug-likeness (QED) is 0.184. The Morgan fingerprint density at radius 1 is 1.09 bits per heavy atom. The predicted octanol–water partition coefficient (Wildman–Crippen LogP) is 5.48. The highest BCUT2D eigenvalue weighted by Crippen LogP contribution is 2.56. The van der Waals surface area contributed by atoms with E-state index in [0.29, 0.717) is 44.6 Å². The van der Waals surface area contributed by atoms with Gasteiger partial charge >= 0.3 is 11.9 Å². The Morgan fingerprint density at radius 2 is 1.78 bits per heavy atom. The molecule has 1 aliphatic carbocycles. The summed E-state index contributed by atoms with van der Waals surface area (Å²) in [5, 5.41) is 7.78. The lowest BCUT2D eigenvalue weighted by atomic mass is 9.66. The van der Waals surface area contributed by atoms with Gasteiger partial charge in [-0.1, -0.05) is 11.6 Å². The predicted molar refractivity (Wildman–Crippen MR) is 160 cm³/mol. The first-order chi connectivity index (χ1) is 21.7. The van der Waals surface area contributed by atoms with Gasteiger partial charge in [0, 0.05) is 29.3 Å². The Balaban J connectivity index is 1.34. The summed E-state index contributed by atoms with van der Waals surface area (Å²) in [6.45, 7) is 1.86. The maximum Gasteiger partial charge on any atom is 0.368 e. The van der Waals surface area contributed by atoms with Gasteiger partial charge in [0.25, 0.3) is 0 Å². The van der Waals surface area contributed by atoms with Gasteiger partial charge in [0.05, 0.1) is 38.0 Å². The van der Waals surface area contributed by atoms with Crippen molar-refractivity contribution in [1.29, 1.82) is 0 Å². The number of methoxy groups -OCH3 is 2. The van der Waals surface area contributed by atoms with E-state index in [1.165, 1.54) is 31.8 Å². The second-order valence-corrected chi connectivity index (χ2v) is 12.3. The molecule has 0 amide bonds. The number of aryl methyl sites for hydroxylation is 2. The number of rotatable bonds is 7. The number of aromatic nitrogens is 3. The number of nitroso groups, excluding NO2 is 1. The molecule has 13 nitrogen and oxygen atoms in total. The fourth-order valence-electron chi connectivity index (χ4n) is 6.39. The molecule has 3 aliphatic rings. The van der Waals surface area contributed by atoms with E-state index in [-0.39, 0.29) is 35.6 Å². The zero-order valence-electron chi connectivity index (χ0n) is 24.4. The molecule has 2 aliphatic heterocycles. The van der Waals surface area contributed by atoms with E-state index in [9.17, 15) is 14.5 Å². The Hall–Kier alpha value is -4.69. The van der Waals surface area contributed by atoms with Crippen LogP contribution in [-0.2, 0) is 21.3 Å². The van der Waals surface area contributed by atoms with Crippen molar-refractivity contribution in [2.24, 2.45) is 24.1 Å². The smallest absolute Gasteiger partial charge is 0.368 e. The molecule has 0 N–H and O–H groups in total. The molecule has 0 saturated carbocycles. The average Bonchev–Trinajstić information content (AvgIpc) is 3.82. The van der Waals surface area contributed by atoms with Crippen LogP contribution in [-0.4, -0.2) is 54.3 Å². The maximum atomic E-state index is 13.7. The number of thiazole rings is 1. The van der Waals surface area contributed by atoms with Gasteiger partial charge in [-0.15, -0.1) is 16.2 Å². The number of hydrogen-bond acceptors (Lipinski definition) is 13. The highest BCUT2D eigenvalue weighted by Gasteiger charge is 2.54. The molecule has 15 heteroatoms. The van der Waals surface area contributed by atoms with E-state index in [4.69, 9.17) is 40.0 Å². The molecule has 45 heavy (non-hydrogen) atoms. The summed E-state index contributed by atoms with van der Waals surface area (Å²) in [7, 11) is 4.56. The van der Waals surface area contributed by atoms with Gasteiger partial charge in [-0.2, -0.15) is 5.10 Å². The lowest BCUT2D eigenvalue weighted by Gasteiger charge is -2.38. The van der Waals surface area contributed by atoms with Crippen LogP contribution in [0.1, 0.15) is 43.4 Å². The topological polar surface area (TPSA) is 150 Å². The molecule has 4 atom stereocenters. The van der Waals surface area contributed by atoms with Crippen LogP contribution in [0.15, 0.2) is 35.6 Å². The van der Waals surface area contributed by atoms with Gasteiger partial charge in [0.1, 0.15) is 17.5 Å². The van der Waals surface area contributed by atoms with Crippen LogP contribution in [0.25, 0.3) is 11.4 Å². The standard InChI is InChI=1S/C30H25ClN4O9S/c1-12-24(26-17(31)9-32-35(26)2)33-28(45-12)30(37)44-27-15-8-19-18(42-11-43-19)7-14(15)22(23-16(27)10-41-29(23)36)13-5-20(39-3)25(34-38)21(6-13)40-4/h5-9,16,22-23,27H,10-11H2,1-4H3/t16-,22+,23+,27-/m0/s1. The first-order valence-electron chi connectivity index (χ1n) is 13.8. The lowest BCUT2D eigenvalue weighted by molar-refractivity contribution is -0.141. The summed E-state index contributed by atoms with van der Waals surface area (Å²) in [5.41, 5.74) is 3.00. The van der Waals surface area contributed by atoms with Crippen molar-refractivity contribution in [1.82, 2.24) is 14.8 Å².